The van der Waals surface area contributed by atoms with E-state index in [1.54, 1.807) is 29.5 Å². The molecule has 1 aromatic heterocycles. The minimum atomic E-state index is 0.0220. The van der Waals surface area contributed by atoms with Crippen LogP contribution < -0.4 is 5.73 Å². The van der Waals surface area contributed by atoms with Crippen LogP contribution in [0.3, 0.4) is 0 Å². The van der Waals surface area contributed by atoms with Crippen molar-refractivity contribution >= 4 is 48.8 Å². The maximum Gasteiger partial charge on any atom is 0.194 e. The first kappa shape index (κ1) is 12.4. The highest BCUT2D eigenvalue weighted by Gasteiger charge is 2.14. The summed E-state index contributed by atoms with van der Waals surface area (Å²) in [6.45, 7) is 0. The van der Waals surface area contributed by atoms with Crippen molar-refractivity contribution in [3.63, 3.8) is 0 Å². The molecule has 0 radical (unpaired) electrons. The Morgan fingerprint density at radius 3 is 2.79 bits per heavy atom. The van der Waals surface area contributed by atoms with Crippen molar-refractivity contribution in [3.8, 4) is 0 Å². The van der Waals surface area contributed by atoms with Crippen LogP contribution in [0.25, 0.3) is 10.1 Å². The maximum atomic E-state index is 12.6. The van der Waals surface area contributed by atoms with Crippen molar-refractivity contribution in [1.29, 1.82) is 0 Å². The van der Waals surface area contributed by atoms with Gasteiger partial charge in [0.25, 0.3) is 0 Å². The van der Waals surface area contributed by atoms with E-state index in [9.17, 15) is 4.79 Å². The molecule has 3 rings (SSSR count). The van der Waals surface area contributed by atoms with Crippen molar-refractivity contribution in [2.24, 2.45) is 0 Å². The van der Waals surface area contributed by atoms with Crippen LogP contribution in [0.5, 0.6) is 0 Å². The van der Waals surface area contributed by atoms with Gasteiger partial charge < -0.3 is 5.73 Å². The Hall–Kier alpha value is -1.65. The third-order valence-corrected chi connectivity index (χ3v) is 4.64. The Balaban J connectivity index is 2.13. The Morgan fingerprint density at radius 2 is 2.00 bits per heavy atom. The van der Waals surface area contributed by atoms with Gasteiger partial charge in [-0.15, -0.1) is 11.3 Å². The van der Waals surface area contributed by atoms with Crippen LogP contribution in [0.15, 0.2) is 52.3 Å². The first-order valence-electron chi connectivity index (χ1n) is 5.73. The van der Waals surface area contributed by atoms with Gasteiger partial charge in [-0.05, 0) is 57.0 Å². The van der Waals surface area contributed by atoms with Crippen molar-refractivity contribution in [2.45, 2.75) is 0 Å². The van der Waals surface area contributed by atoms with Gasteiger partial charge in [0.15, 0.2) is 5.78 Å². The standard InChI is InChI=1S/C15H10BrNOS/c16-12-8-10(4-5-13(12)17)14(18)11-3-1-2-9-6-7-19-15(9)11/h1-8H,17H2. The van der Waals surface area contributed by atoms with Crippen LogP contribution in [-0.2, 0) is 0 Å². The molecule has 0 aliphatic heterocycles. The van der Waals surface area contributed by atoms with E-state index in [2.05, 4.69) is 15.9 Å². The first-order valence-corrected chi connectivity index (χ1v) is 7.40. The second-order valence-corrected chi connectivity index (χ2v) is 5.98. The molecule has 94 valence electrons. The first-order chi connectivity index (χ1) is 9.16. The number of halogens is 1. The van der Waals surface area contributed by atoms with Gasteiger partial charge in [0.2, 0.25) is 0 Å². The van der Waals surface area contributed by atoms with Gasteiger partial charge in [-0.25, -0.2) is 0 Å². The molecule has 0 saturated heterocycles. The molecule has 0 aliphatic carbocycles. The average Bonchev–Trinajstić information content (AvgIpc) is 2.89. The number of anilines is 1. The Kier molecular flexibility index (Phi) is 3.12. The van der Waals surface area contributed by atoms with Crippen molar-refractivity contribution in [1.82, 2.24) is 0 Å². The molecule has 0 fully saturated rings. The minimum Gasteiger partial charge on any atom is -0.398 e. The number of carbonyl (C=O) groups excluding carboxylic acids is 1. The Morgan fingerprint density at radius 1 is 1.16 bits per heavy atom. The highest BCUT2D eigenvalue weighted by atomic mass is 79.9. The molecule has 19 heavy (non-hydrogen) atoms. The van der Waals surface area contributed by atoms with Gasteiger partial charge >= 0.3 is 0 Å². The summed E-state index contributed by atoms with van der Waals surface area (Å²) in [5, 5.41) is 3.10. The van der Waals surface area contributed by atoms with Crippen LogP contribution in [-0.4, -0.2) is 5.78 Å². The lowest BCUT2D eigenvalue weighted by molar-refractivity contribution is 0.104. The summed E-state index contributed by atoms with van der Waals surface area (Å²) in [6, 6.07) is 13.1. The van der Waals surface area contributed by atoms with Crippen LogP contribution >= 0.6 is 27.3 Å². The van der Waals surface area contributed by atoms with Crippen LogP contribution in [0.4, 0.5) is 5.69 Å². The van der Waals surface area contributed by atoms with Crippen LogP contribution in [0.1, 0.15) is 15.9 Å². The summed E-state index contributed by atoms with van der Waals surface area (Å²) in [5.41, 5.74) is 7.76. The van der Waals surface area contributed by atoms with E-state index in [0.717, 1.165) is 20.1 Å². The molecule has 2 nitrogen and oxygen atoms in total. The molecular formula is C15H10BrNOS. The molecule has 0 atom stereocenters. The van der Waals surface area contributed by atoms with E-state index in [1.807, 2.05) is 29.6 Å². The van der Waals surface area contributed by atoms with E-state index in [-0.39, 0.29) is 5.78 Å². The predicted octanol–water partition coefficient (Wildman–Crippen LogP) is 4.48. The molecule has 2 N–H and O–H groups in total. The monoisotopic (exact) mass is 331 g/mol. The van der Waals surface area contributed by atoms with Gasteiger partial charge in [0.05, 0.1) is 0 Å². The molecule has 0 spiro atoms. The zero-order valence-electron chi connectivity index (χ0n) is 9.89. The lowest BCUT2D eigenvalue weighted by Gasteiger charge is -2.05. The quantitative estimate of drug-likeness (QED) is 0.555. The third-order valence-electron chi connectivity index (χ3n) is 2.99. The summed E-state index contributed by atoms with van der Waals surface area (Å²) >= 11 is 4.94. The summed E-state index contributed by atoms with van der Waals surface area (Å²) in [5.74, 6) is 0.0220. The summed E-state index contributed by atoms with van der Waals surface area (Å²) in [6.07, 6.45) is 0. The lowest BCUT2D eigenvalue weighted by Crippen LogP contribution is -2.02. The SMILES string of the molecule is Nc1ccc(C(=O)c2cccc3ccsc23)cc1Br. The molecule has 3 aromatic rings. The number of ketones is 1. The molecular weight excluding hydrogens is 322 g/mol. The highest BCUT2D eigenvalue weighted by molar-refractivity contribution is 9.10. The molecule has 4 heteroatoms. The topological polar surface area (TPSA) is 43.1 Å². The minimum absolute atomic E-state index is 0.0220. The number of rotatable bonds is 2. The fourth-order valence-corrected chi connectivity index (χ4v) is 3.29. The largest absolute Gasteiger partial charge is 0.398 e. The number of hydrogen-bond donors (Lipinski definition) is 1. The van der Waals surface area contributed by atoms with E-state index in [4.69, 9.17) is 5.73 Å². The second kappa shape index (κ2) is 4.79. The number of nitrogen functional groups attached to an aromatic ring is 1. The molecule has 2 aromatic carbocycles. The number of thiophene rings is 1. The van der Waals surface area contributed by atoms with Crippen molar-refractivity contribution in [3.05, 3.63) is 63.4 Å². The number of hydrogen-bond acceptors (Lipinski definition) is 3. The van der Waals surface area contributed by atoms with Crippen LogP contribution in [0, 0.1) is 0 Å². The predicted molar refractivity (Wildman–Crippen MR) is 83.8 cm³/mol. The second-order valence-electron chi connectivity index (χ2n) is 4.21. The molecule has 0 unspecified atom stereocenters. The van der Waals surface area contributed by atoms with Gasteiger partial charge in [-0.3, -0.25) is 4.79 Å². The van der Waals surface area contributed by atoms with Gasteiger partial charge in [0.1, 0.15) is 0 Å². The number of benzene rings is 2. The van der Waals surface area contributed by atoms with Crippen molar-refractivity contribution < 1.29 is 4.79 Å². The maximum absolute atomic E-state index is 12.6. The summed E-state index contributed by atoms with van der Waals surface area (Å²) in [7, 11) is 0. The highest BCUT2D eigenvalue weighted by Crippen LogP contribution is 2.28. The van der Waals surface area contributed by atoms with E-state index < -0.39 is 0 Å². The Bertz CT molecular complexity index is 779. The van der Waals surface area contributed by atoms with E-state index in [0.29, 0.717) is 11.3 Å². The summed E-state index contributed by atoms with van der Waals surface area (Å²) in [4.78, 5) is 12.6. The zero-order chi connectivity index (χ0) is 13.4. The normalized spacial score (nSPS) is 10.8. The van der Waals surface area contributed by atoms with Crippen molar-refractivity contribution in [2.75, 3.05) is 5.73 Å². The smallest absolute Gasteiger partial charge is 0.194 e. The van der Waals surface area contributed by atoms with Crippen LogP contribution in [0.2, 0.25) is 0 Å². The molecule has 0 amide bonds. The van der Waals surface area contributed by atoms with E-state index >= 15 is 0 Å². The van der Waals surface area contributed by atoms with Gasteiger partial charge in [0, 0.05) is 26.0 Å². The summed E-state index contributed by atoms with van der Waals surface area (Å²) < 4.78 is 1.78. The molecule has 0 saturated carbocycles. The Labute approximate surface area is 123 Å². The lowest BCUT2D eigenvalue weighted by atomic mass is 10.0. The fourth-order valence-electron chi connectivity index (χ4n) is 2.00. The van der Waals surface area contributed by atoms with Gasteiger partial charge in [-0.2, -0.15) is 0 Å². The van der Waals surface area contributed by atoms with E-state index in [1.165, 1.54) is 0 Å². The molecule has 0 aliphatic rings. The third kappa shape index (κ3) is 2.17. The number of carbonyl (C=O) groups is 1. The fraction of sp³-hybridized carbons (Fsp3) is 0. The number of fused-ring (bicyclic) bond motifs is 1. The van der Waals surface area contributed by atoms with Gasteiger partial charge in [-0.1, -0.05) is 12.1 Å². The molecule has 0 bridgehead atoms. The molecule has 1 heterocycles. The number of nitrogens with two attached hydrogens (primary N) is 1. The average molecular weight is 332 g/mol. The zero-order valence-corrected chi connectivity index (χ0v) is 12.3.